The molecule has 0 aromatic heterocycles. The summed E-state index contributed by atoms with van der Waals surface area (Å²) in [5.74, 6) is -0.333. The first kappa shape index (κ1) is 15.2. The molecule has 0 unspecified atom stereocenters. The van der Waals surface area contributed by atoms with E-state index >= 15 is 0 Å². The molecule has 108 valence electrons. The predicted octanol–water partition coefficient (Wildman–Crippen LogP) is 4.53. The minimum atomic E-state index is -0.672. The molecule has 0 atom stereocenters. The van der Waals surface area contributed by atoms with Crippen LogP contribution < -0.4 is 4.90 Å². The number of nitrogens with zero attached hydrogens (tertiary/aromatic N) is 1. The third-order valence-electron chi connectivity index (χ3n) is 3.48. The Morgan fingerprint density at radius 2 is 1.95 bits per heavy atom. The largest absolute Gasteiger partial charge is 0.302 e. The lowest BCUT2D eigenvalue weighted by atomic mass is 9.87. The zero-order valence-corrected chi connectivity index (χ0v) is 14.0. The number of halogens is 2. The Kier molecular flexibility index (Phi) is 3.57. The Hall–Kier alpha value is -1.16. The summed E-state index contributed by atoms with van der Waals surface area (Å²) in [5.41, 5.74) is 2.07. The summed E-state index contributed by atoms with van der Waals surface area (Å²) in [6, 6.07) is 4.56. The van der Waals surface area contributed by atoms with Crippen molar-refractivity contribution in [2.24, 2.45) is 0 Å². The molecule has 1 aromatic rings. The van der Waals surface area contributed by atoms with E-state index in [1.165, 1.54) is 12.1 Å². The number of carbonyl (C=O) groups excluding carboxylic acids is 1. The van der Waals surface area contributed by atoms with Crippen molar-refractivity contribution in [2.45, 2.75) is 44.5 Å². The van der Waals surface area contributed by atoms with Crippen LogP contribution in [0.4, 0.5) is 10.1 Å². The Morgan fingerprint density at radius 3 is 2.50 bits per heavy atom. The second kappa shape index (κ2) is 4.69. The van der Waals surface area contributed by atoms with Gasteiger partial charge in [0.2, 0.25) is 5.91 Å². The van der Waals surface area contributed by atoms with Crippen molar-refractivity contribution in [3.8, 4) is 0 Å². The average molecular weight is 340 g/mol. The number of hydrogen-bond acceptors (Lipinski definition) is 1. The van der Waals surface area contributed by atoms with Gasteiger partial charge in [-0.25, -0.2) is 4.39 Å². The van der Waals surface area contributed by atoms with E-state index in [0.29, 0.717) is 0 Å². The van der Waals surface area contributed by atoms with E-state index in [9.17, 15) is 9.18 Å². The van der Waals surface area contributed by atoms with Crippen molar-refractivity contribution in [3.05, 3.63) is 35.7 Å². The van der Waals surface area contributed by atoms with Gasteiger partial charge >= 0.3 is 0 Å². The van der Waals surface area contributed by atoms with Crippen molar-refractivity contribution >= 4 is 33.1 Å². The minimum absolute atomic E-state index is 0.0425. The molecule has 2 nitrogen and oxygen atoms in total. The monoisotopic (exact) mass is 339 g/mol. The second-order valence-corrected chi connectivity index (χ2v) is 8.24. The number of benzene rings is 1. The molecule has 0 saturated heterocycles. The maximum atomic E-state index is 13.5. The summed E-state index contributed by atoms with van der Waals surface area (Å²) in [5, 5.41) is 0. The molecule has 1 amide bonds. The first-order valence-electron chi connectivity index (χ1n) is 6.57. The molecule has 0 bridgehead atoms. The van der Waals surface area contributed by atoms with Crippen molar-refractivity contribution < 1.29 is 9.18 Å². The first-order valence-corrected chi connectivity index (χ1v) is 7.36. The maximum absolute atomic E-state index is 13.5. The highest BCUT2D eigenvalue weighted by Gasteiger charge is 2.40. The lowest BCUT2D eigenvalue weighted by Crippen LogP contribution is -2.54. The molecule has 0 saturated carbocycles. The van der Waals surface area contributed by atoms with E-state index in [1.54, 1.807) is 11.0 Å². The van der Waals surface area contributed by atoms with Gasteiger partial charge in [-0.1, -0.05) is 22.0 Å². The number of rotatable bonds is 1. The molecular formula is C16H19BrFNO. The second-order valence-electron chi connectivity index (χ2n) is 6.26. The standard InChI is InChI=1S/C16H19BrFNO/c1-10-9-15(2,3)19(14(20)16(4,5)17)13-7-6-11(18)8-12(10)13/h6-9H,1-5H3. The molecule has 0 N–H and O–H groups in total. The fraction of sp³-hybridized carbons (Fsp3) is 0.438. The van der Waals surface area contributed by atoms with Gasteiger partial charge in [-0.15, -0.1) is 0 Å². The van der Waals surface area contributed by atoms with E-state index in [4.69, 9.17) is 0 Å². The summed E-state index contributed by atoms with van der Waals surface area (Å²) in [6.07, 6.45) is 2.01. The Balaban J connectivity index is 2.66. The first-order chi connectivity index (χ1) is 9.04. The van der Waals surface area contributed by atoms with Crippen LogP contribution in [-0.4, -0.2) is 15.8 Å². The van der Waals surface area contributed by atoms with Gasteiger partial charge in [0.15, 0.2) is 0 Å². The zero-order valence-electron chi connectivity index (χ0n) is 12.4. The van der Waals surface area contributed by atoms with Crippen LogP contribution in [-0.2, 0) is 4.79 Å². The Morgan fingerprint density at radius 1 is 1.35 bits per heavy atom. The highest BCUT2D eigenvalue weighted by atomic mass is 79.9. The lowest BCUT2D eigenvalue weighted by Gasteiger charge is -2.43. The van der Waals surface area contributed by atoms with Crippen LogP contribution >= 0.6 is 15.9 Å². The van der Waals surface area contributed by atoms with E-state index < -0.39 is 9.86 Å². The van der Waals surface area contributed by atoms with Crippen molar-refractivity contribution in [1.29, 1.82) is 0 Å². The van der Waals surface area contributed by atoms with Crippen molar-refractivity contribution in [3.63, 3.8) is 0 Å². The molecular weight excluding hydrogens is 321 g/mol. The molecule has 20 heavy (non-hydrogen) atoms. The third-order valence-corrected chi connectivity index (χ3v) is 3.82. The fourth-order valence-electron chi connectivity index (χ4n) is 2.64. The average Bonchev–Trinajstić information content (AvgIpc) is 2.27. The van der Waals surface area contributed by atoms with Gasteiger partial charge in [-0.3, -0.25) is 4.79 Å². The Bertz CT molecular complexity index is 599. The minimum Gasteiger partial charge on any atom is -0.302 e. The predicted molar refractivity (Wildman–Crippen MR) is 84.6 cm³/mol. The molecule has 4 heteroatoms. The topological polar surface area (TPSA) is 20.3 Å². The van der Waals surface area contributed by atoms with Crippen LogP contribution in [0.25, 0.3) is 5.57 Å². The number of alkyl halides is 1. The normalized spacial score (nSPS) is 17.6. The number of anilines is 1. The molecule has 2 rings (SSSR count). The lowest BCUT2D eigenvalue weighted by molar-refractivity contribution is -0.120. The molecule has 0 aliphatic carbocycles. The van der Waals surface area contributed by atoms with Crippen molar-refractivity contribution in [2.75, 3.05) is 4.90 Å². The summed E-state index contributed by atoms with van der Waals surface area (Å²) in [7, 11) is 0. The third kappa shape index (κ3) is 2.53. The molecule has 0 fully saturated rings. The molecule has 0 spiro atoms. The number of carbonyl (C=O) groups is 1. The molecule has 1 aromatic carbocycles. The summed E-state index contributed by atoms with van der Waals surface area (Å²) in [6.45, 7) is 9.56. The number of fused-ring (bicyclic) bond motifs is 1. The van der Waals surface area contributed by atoms with Gasteiger partial charge in [0.25, 0.3) is 0 Å². The van der Waals surface area contributed by atoms with Gasteiger partial charge < -0.3 is 4.90 Å². The molecule has 1 aliphatic heterocycles. The number of hydrogen-bond donors (Lipinski definition) is 0. The zero-order chi connectivity index (χ0) is 15.3. The van der Waals surface area contributed by atoms with E-state index in [1.807, 2.05) is 40.7 Å². The maximum Gasteiger partial charge on any atom is 0.244 e. The van der Waals surface area contributed by atoms with Gasteiger partial charge in [0, 0.05) is 5.56 Å². The van der Waals surface area contributed by atoms with E-state index in [0.717, 1.165) is 16.8 Å². The SMILES string of the molecule is CC1=CC(C)(C)N(C(=O)C(C)(C)Br)c2ccc(F)cc21. The van der Waals surface area contributed by atoms with Crippen molar-refractivity contribution in [1.82, 2.24) is 0 Å². The van der Waals surface area contributed by atoms with E-state index in [2.05, 4.69) is 15.9 Å². The van der Waals surface area contributed by atoms with Crippen LogP contribution in [0.3, 0.4) is 0 Å². The fourth-order valence-corrected chi connectivity index (χ4v) is 2.82. The van der Waals surface area contributed by atoms with Crippen LogP contribution in [0.1, 0.15) is 40.2 Å². The van der Waals surface area contributed by atoms with E-state index in [-0.39, 0.29) is 11.7 Å². The van der Waals surface area contributed by atoms with Gasteiger partial charge in [0.1, 0.15) is 5.82 Å². The van der Waals surface area contributed by atoms with Crippen LogP contribution in [0.2, 0.25) is 0 Å². The smallest absolute Gasteiger partial charge is 0.244 e. The highest BCUT2D eigenvalue weighted by Crippen LogP contribution is 2.41. The highest BCUT2D eigenvalue weighted by molar-refractivity contribution is 9.10. The molecule has 1 aliphatic rings. The molecule has 1 heterocycles. The number of amides is 1. The quantitative estimate of drug-likeness (QED) is 0.688. The van der Waals surface area contributed by atoms with Gasteiger partial charge in [-0.05, 0) is 58.4 Å². The van der Waals surface area contributed by atoms with Crippen LogP contribution in [0, 0.1) is 5.82 Å². The van der Waals surface area contributed by atoms with Gasteiger partial charge in [-0.2, -0.15) is 0 Å². The summed E-state index contributed by atoms with van der Waals surface area (Å²) >= 11 is 3.43. The summed E-state index contributed by atoms with van der Waals surface area (Å²) < 4.78 is 12.8. The van der Waals surface area contributed by atoms with Crippen LogP contribution in [0.5, 0.6) is 0 Å². The van der Waals surface area contributed by atoms with Crippen LogP contribution in [0.15, 0.2) is 24.3 Å². The number of allylic oxidation sites excluding steroid dienone is 1. The summed E-state index contributed by atoms with van der Waals surface area (Å²) in [4.78, 5) is 14.5. The molecule has 0 radical (unpaired) electrons. The Labute approximate surface area is 127 Å². The van der Waals surface area contributed by atoms with Gasteiger partial charge in [0.05, 0.1) is 15.6 Å².